The van der Waals surface area contributed by atoms with Crippen molar-refractivity contribution >= 4 is 0 Å². The third-order valence-electron chi connectivity index (χ3n) is 6.16. The van der Waals surface area contributed by atoms with Crippen LogP contribution in [0.2, 0.25) is 0 Å². The van der Waals surface area contributed by atoms with E-state index < -0.39 is 0 Å². The summed E-state index contributed by atoms with van der Waals surface area (Å²) in [6.07, 6.45) is 12.5. The fourth-order valence-corrected chi connectivity index (χ4v) is 4.86. The number of rotatable bonds is 2. The second-order valence-electron chi connectivity index (χ2n) is 7.42. The Morgan fingerprint density at radius 2 is 1.95 bits per heavy atom. The van der Waals surface area contributed by atoms with E-state index in [1.54, 1.807) is 0 Å². The van der Waals surface area contributed by atoms with E-state index in [-0.39, 0.29) is 5.54 Å². The third kappa shape index (κ3) is 2.77. The quantitative estimate of drug-likeness (QED) is 0.790. The molecule has 1 heterocycles. The lowest BCUT2D eigenvalue weighted by Crippen LogP contribution is -2.64. The van der Waals surface area contributed by atoms with E-state index in [4.69, 9.17) is 10.5 Å². The van der Waals surface area contributed by atoms with Crippen LogP contribution >= 0.6 is 0 Å². The summed E-state index contributed by atoms with van der Waals surface area (Å²) in [4.78, 5) is 2.80. The van der Waals surface area contributed by atoms with Crippen molar-refractivity contribution in [2.75, 3.05) is 19.7 Å². The molecule has 0 amide bonds. The Kier molecular flexibility index (Phi) is 4.68. The molecule has 1 aliphatic heterocycles. The molecule has 0 aromatic rings. The van der Waals surface area contributed by atoms with Gasteiger partial charge in [-0.25, -0.2) is 0 Å². The molecule has 2 N–H and O–H groups in total. The lowest BCUT2D eigenvalue weighted by Gasteiger charge is -2.53. The molecule has 3 aliphatic rings. The third-order valence-corrected chi connectivity index (χ3v) is 6.16. The maximum atomic E-state index is 6.32. The molecule has 3 fully saturated rings. The highest BCUT2D eigenvalue weighted by Gasteiger charge is 2.45. The fourth-order valence-electron chi connectivity index (χ4n) is 4.86. The number of hydrogen-bond donors (Lipinski definition) is 1. The van der Waals surface area contributed by atoms with Gasteiger partial charge in [0.15, 0.2) is 0 Å². The Bertz CT molecular complexity index is 320. The summed E-state index contributed by atoms with van der Waals surface area (Å²) >= 11 is 0. The highest BCUT2D eigenvalue weighted by atomic mass is 16.5. The first-order valence-electron chi connectivity index (χ1n) is 8.83. The van der Waals surface area contributed by atoms with Crippen LogP contribution in [-0.4, -0.2) is 42.3 Å². The van der Waals surface area contributed by atoms with Gasteiger partial charge in [0.25, 0.3) is 0 Å². The molecule has 3 heteroatoms. The molecule has 0 aromatic heterocycles. The van der Waals surface area contributed by atoms with E-state index in [0.29, 0.717) is 12.1 Å². The van der Waals surface area contributed by atoms with Gasteiger partial charge in [0.1, 0.15) is 0 Å². The summed E-state index contributed by atoms with van der Waals surface area (Å²) in [5.74, 6) is 0.881. The van der Waals surface area contributed by atoms with E-state index in [0.717, 1.165) is 25.6 Å². The number of nitrogens with zero attached hydrogens (tertiary/aromatic N) is 1. The van der Waals surface area contributed by atoms with Crippen LogP contribution in [-0.2, 0) is 4.74 Å². The first-order chi connectivity index (χ1) is 9.75. The Morgan fingerprint density at radius 1 is 1.10 bits per heavy atom. The SMILES string of the molecule is CC1CCCC(CN)(N2CCOC3CCCCC32)CC1. The van der Waals surface area contributed by atoms with Crippen LogP contribution in [0.3, 0.4) is 0 Å². The molecular formula is C17H32N2O. The standard InChI is InChI=1S/C17H32N2O/c1-14-5-4-9-17(13-18,10-8-14)19-11-12-20-16-7-3-2-6-15(16)19/h14-16H,2-13,18H2,1H3. The number of morpholine rings is 1. The predicted octanol–water partition coefficient (Wildman–Crippen LogP) is 2.93. The van der Waals surface area contributed by atoms with E-state index in [1.165, 1.54) is 57.8 Å². The minimum absolute atomic E-state index is 0.273. The van der Waals surface area contributed by atoms with Gasteiger partial charge in [-0.2, -0.15) is 0 Å². The molecule has 4 unspecified atom stereocenters. The minimum atomic E-state index is 0.273. The van der Waals surface area contributed by atoms with Gasteiger partial charge in [0.2, 0.25) is 0 Å². The highest BCUT2D eigenvalue weighted by Crippen LogP contribution is 2.40. The van der Waals surface area contributed by atoms with E-state index in [1.807, 2.05) is 0 Å². The van der Waals surface area contributed by atoms with Gasteiger partial charge in [0, 0.05) is 24.7 Å². The monoisotopic (exact) mass is 280 g/mol. The topological polar surface area (TPSA) is 38.5 Å². The van der Waals surface area contributed by atoms with Crippen molar-refractivity contribution in [2.45, 2.75) is 82.4 Å². The Labute approximate surface area is 124 Å². The van der Waals surface area contributed by atoms with Gasteiger partial charge >= 0.3 is 0 Å². The molecule has 0 aromatic carbocycles. The molecular weight excluding hydrogens is 248 g/mol. The van der Waals surface area contributed by atoms with E-state index in [9.17, 15) is 0 Å². The Morgan fingerprint density at radius 3 is 2.80 bits per heavy atom. The molecule has 2 saturated carbocycles. The van der Waals surface area contributed by atoms with Crippen molar-refractivity contribution in [3.8, 4) is 0 Å². The van der Waals surface area contributed by atoms with Crippen molar-refractivity contribution in [2.24, 2.45) is 11.7 Å². The van der Waals surface area contributed by atoms with Gasteiger partial charge < -0.3 is 10.5 Å². The number of ether oxygens (including phenoxy) is 1. The molecule has 20 heavy (non-hydrogen) atoms. The first-order valence-corrected chi connectivity index (χ1v) is 8.83. The first kappa shape index (κ1) is 14.8. The van der Waals surface area contributed by atoms with E-state index >= 15 is 0 Å². The highest BCUT2D eigenvalue weighted by molar-refractivity contribution is 5.00. The second kappa shape index (κ2) is 6.33. The summed E-state index contributed by atoms with van der Waals surface area (Å²) in [7, 11) is 0. The Hall–Kier alpha value is -0.120. The fraction of sp³-hybridized carbons (Fsp3) is 1.00. The summed E-state index contributed by atoms with van der Waals surface area (Å²) in [6, 6.07) is 0.648. The lowest BCUT2D eigenvalue weighted by molar-refractivity contribution is -0.128. The van der Waals surface area contributed by atoms with Crippen molar-refractivity contribution in [3.05, 3.63) is 0 Å². The van der Waals surface area contributed by atoms with Crippen molar-refractivity contribution in [3.63, 3.8) is 0 Å². The number of nitrogens with two attached hydrogens (primary N) is 1. The second-order valence-corrected chi connectivity index (χ2v) is 7.42. The zero-order chi connectivity index (χ0) is 14.0. The molecule has 116 valence electrons. The minimum Gasteiger partial charge on any atom is -0.375 e. The van der Waals surface area contributed by atoms with Gasteiger partial charge in [-0.05, 0) is 38.0 Å². The van der Waals surface area contributed by atoms with E-state index in [2.05, 4.69) is 11.8 Å². The zero-order valence-corrected chi connectivity index (χ0v) is 13.2. The molecule has 3 nitrogen and oxygen atoms in total. The molecule has 0 spiro atoms. The molecule has 2 aliphatic carbocycles. The average Bonchev–Trinajstić information content (AvgIpc) is 2.69. The summed E-state index contributed by atoms with van der Waals surface area (Å²) in [5.41, 5.74) is 6.60. The molecule has 0 bridgehead atoms. The maximum absolute atomic E-state index is 6.32. The molecule has 3 rings (SSSR count). The van der Waals surface area contributed by atoms with Crippen molar-refractivity contribution < 1.29 is 4.74 Å². The summed E-state index contributed by atoms with van der Waals surface area (Å²) in [6.45, 7) is 5.27. The van der Waals surface area contributed by atoms with Crippen LogP contribution in [0.25, 0.3) is 0 Å². The van der Waals surface area contributed by atoms with Crippen LogP contribution in [0.4, 0.5) is 0 Å². The summed E-state index contributed by atoms with van der Waals surface area (Å²) in [5, 5.41) is 0. The molecule has 4 atom stereocenters. The average molecular weight is 280 g/mol. The van der Waals surface area contributed by atoms with Gasteiger partial charge in [0.05, 0.1) is 12.7 Å². The Balaban J connectivity index is 1.79. The molecule has 1 saturated heterocycles. The normalized spacial score (nSPS) is 43.8. The summed E-state index contributed by atoms with van der Waals surface area (Å²) < 4.78 is 6.06. The predicted molar refractivity (Wildman–Crippen MR) is 82.7 cm³/mol. The lowest BCUT2D eigenvalue weighted by atomic mass is 9.81. The molecule has 0 radical (unpaired) electrons. The maximum Gasteiger partial charge on any atom is 0.0731 e. The number of fused-ring (bicyclic) bond motifs is 1. The van der Waals surface area contributed by atoms with Crippen molar-refractivity contribution in [1.82, 2.24) is 4.90 Å². The van der Waals surface area contributed by atoms with Gasteiger partial charge in [-0.15, -0.1) is 0 Å². The van der Waals surface area contributed by atoms with Gasteiger partial charge in [-0.3, -0.25) is 4.90 Å². The van der Waals surface area contributed by atoms with Crippen LogP contribution < -0.4 is 5.73 Å². The van der Waals surface area contributed by atoms with Crippen LogP contribution in [0.1, 0.15) is 64.7 Å². The van der Waals surface area contributed by atoms with Gasteiger partial charge in [-0.1, -0.05) is 32.6 Å². The largest absolute Gasteiger partial charge is 0.375 e. The van der Waals surface area contributed by atoms with Crippen LogP contribution in [0.15, 0.2) is 0 Å². The van der Waals surface area contributed by atoms with Crippen molar-refractivity contribution in [1.29, 1.82) is 0 Å². The number of hydrogen-bond acceptors (Lipinski definition) is 3. The smallest absolute Gasteiger partial charge is 0.0731 e. The van der Waals surface area contributed by atoms with Crippen LogP contribution in [0.5, 0.6) is 0 Å². The zero-order valence-electron chi connectivity index (χ0n) is 13.2. The van der Waals surface area contributed by atoms with Crippen LogP contribution in [0, 0.1) is 5.92 Å².